The number of aryl methyl sites for hydroxylation is 1. The van der Waals surface area contributed by atoms with Crippen molar-refractivity contribution in [2.24, 2.45) is 0 Å². The number of hydrogen-bond donors (Lipinski definition) is 1. The zero-order valence-corrected chi connectivity index (χ0v) is 17.9. The maximum atomic E-state index is 12.7. The number of rotatable bonds is 6. The highest BCUT2D eigenvalue weighted by Gasteiger charge is 2.18. The minimum absolute atomic E-state index is 0.209. The van der Waals surface area contributed by atoms with E-state index in [0.717, 1.165) is 21.9 Å². The lowest BCUT2D eigenvalue weighted by atomic mass is 10.2. The highest BCUT2D eigenvalue weighted by molar-refractivity contribution is 7.19. The minimum Gasteiger partial charge on any atom is -0.349 e. The van der Waals surface area contributed by atoms with E-state index >= 15 is 0 Å². The highest BCUT2D eigenvalue weighted by atomic mass is 32.1. The average molecular weight is 446 g/mol. The van der Waals surface area contributed by atoms with E-state index in [1.54, 1.807) is 6.07 Å². The van der Waals surface area contributed by atoms with Crippen molar-refractivity contribution in [3.8, 4) is 17.1 Å². The Hall–Kier alpha value is -4.12. The highest BCUT2D eigenvalue weighted by Crippen LogP contribution is 2.26. The molecule has 0 aliphatic heterocycles. The topological polar surface area (TPSA) is 112 Å². The van der Waals surface area contributed by atoms with Crippen LogP contribution in [0.3, 0.4) is 0 Å². The lowest BCUT2D eigenvalue weighted by Gasteiger charge is -2.08. The van der Waals surface area contributed by atoms with Gasteiger partial charge in [0, 0.05) is 30.1 Å². The maximum Gasteiger partial charge on any atom is 0.266 e. The fourth-order valence-electron chi connectivity index (χ4n) is 3.31. The summed E-state index contributed by atoms with van der Waals surface area (Å²) in [6.45, 7) is 2.37. The Balaban J connectivity index is 1.29. The number of benzene rings is 1. The second-order valence-electron chi connectivity index (χ2n) is 7.01. The van der Waals surface area contributed by atoms with Crippen LogP contribution in [0.4, 0.5) is 0 Å². The molecule has 0 aliphatic carbocycles. The van der Waals surface area contributed by atoms with Crippen LogP contribution in [0.15, 0.2) is 66.1 Å². The van der Waals surface area contributed by atoms with E-state index in [9.17, 15) is 9.59 Å². The van der Waals surface area contributed by atoms with Gasteiger partial charge >= 0.3 is 0 Å². The predicted molar refractivity (Wildman–Crippen MR) is 119 cm³/mol. The standard InChI is InChI=1S/C21H18N8O2S/c1-14-19(32-21-25-16(11-27(14)21)15-5-3-2-4-6-15)20(31)23-9-10-28-18(30)8-7-17(26-28)29-13-22-12-24-29/h2-8,11-13H,9-10H2,1H3,(H,23,31). The number of amides is 1. The summed E-state index contributed by atoms with van der Waals surface area (Å²) in [5, 5.41) is 11.1. The molecular formula is C21H18N8O2S. The molecule has 5 rings (SSSR count). The molecular weight excluding hydrogens is 428 g/mol. The summed E-state index contributed by atoms with van der Waals surface area (Å²) in [7, 11) is 0. The third-order valence-electron chi connectivity index (χ3n) is 4.95. The minimum atomic E-state index is -0.262. The fraction of sp³-hybridized carbons (Fsp3) is 0.143. The van der Waals surface area contributed by atoms with Crippen molar-refractivity contribution in [1.82, 2.24) is 39.2 Å². The molecule has 0 saturated heterocycles. The summed E-state index contributed by atoms with van der Waals surface area (Å²) in [5.41, 5.74) is 2.45. The van der Waals surface area contributed by atoms with E-state index in [2.05, 4.69) is 25.5 Å². The molecule has 4 heterocycles. The van der Waals surface area contributed by atoms with Crippen LogP contribution >= 0.6 is 11.3 Å². The van der Waals surface area contributed by atoms with E-state index < -0.39 is 0 Å². The monoisotopic (exact) mass is 446 g/mol. The first-order chi connectivity index (χ1) is 15.6. The smallest absolute Gasteiger partial charge is 0.266 e. The number of hydrogen-bond acceptors (Lipinski definition) is 7. The molecule has 10 nitrogen and oxygen atoms in total. The van der Waals surface area contributed by atoms with Gasteiger partial charge in [0.2, 0.25) is 0 Å². The van der Waals surface area contributed by atoms with Gasteiger partial charge in [0.1, 0.15) is 17.5 Å². The number of nitrogens with zero attached hydrogens (tertiary/aromatic N) is 7. The first-order valence-corrected chi connectivity index (χ1v) is 10.7. The van der Waals surface area contributed by atoms with Crippen molar-refractivity contribution in [3.63, 3.8) is 0 Å². The Labute approximate surface area is 185 Å². The van der Waals surface area contributed by atoms with Gasteiger partial charge in [-0.15, -0.1) is 5.10 Å². The van der Waals surface area contributed by atoms with Crippen molar-refractivity contribution >= 4 is 22.2 Å². The van der Waals surface area contributed by atoms with Crippen LogP contribution in [-0.4, -0.2) is 46.4 Å². The number of fused-ring (bicyclic) bond motifs is 1. The number of imidazole rings is 1. The summed E-state index contributed by atoms with van der Waals surface area (Å²) in [6, 6.07) is 12.9. The van der Waals surface area contributed by atoms with Gasteiger partial charge in [0.05, 0.1) is 12.2 Å². The second kappa shape index (κ2) is 8.19. The van der Waals surface area contributed by atoms with E-state index in [1.165, 1.54) is 39.4 Å². The molecule has 160 valence electrons. The van der Waals surface area contributed by atoms with Crippen molar-refractivity contribution < 1.29 is 4.79 Å². The van der Waals surface area contributed by atoms with Gasteiger partial charge in [-0.2, -0.15) is 5.10 Å². The molecule has 1 amide bonds. The van der Waals surface area contributed by atoms with Crippen LogP contribution in [0.25, 0.3) is 22.0 Å². The second-order valence-corrected chi connectivity index (χ2v) is 7.99. The van der Waals surface area contributed by atoms with Gasteiger partial charge < -0.3 is 5.32 Å². The normalized spacial score (nSPS) is 11.2. The van der Waals surface area contributed by atoms with Gasteiger partial charge in [-0.1, -0.05) is 41.7 Å². The van der Waals surface area contributed by atoms with Crippen LogP contribution in [-0.2, 0) is 6.54 Å². The van der Waals surface area contributed by atoms with Crippen LogP contribution in [0.5, 0.6) is 0 Å². The number of nitrogens with one attached hydrogen (secondary N) is 1. The van der Waals surface area contributed by atoms with E-state index in [4.69, 9.17) is 0 Å². The summed E-state index contributed by atoms with van der Waals surface area (Å²) in [4.78, 5) is 34.7. The fourth-order valence-corrected chi connectivity index (χ4v) is 4.34. The van der Waals surface area contributed by atoms with Crippen LogP contribution in [0.2, 0.25) is 0 Å². The SMILES string of the molecule is Cc1c(C(=O)NCCn2nc(-n3cncn3)ccc2=O)sc2nc(-c3ccccc3)cn12. The van der Waals surface area contributed by atoms with Crippen molar-refractivity contribution in [2.75, 3.05) is 6.54 Å². The molecule has 0 saturated carbocycles. The molecule has 1 N–H and O–H groups in total. The van der Waals surface area contributed by atoms with Crippen LogP contribution < -0.4 is 10.9 Å². The lowest BCUT2D eigenvalue weighted by molar-refractivity contribution is 0.0955. The number of thiazole rings is 1. The molecule has 0 bridgehead atoms. The van der Waals surface area contributed by atoms with E-state index in [1.807, 2.05) is 47.9 Å². The third-order valence-corrected chi connectivity index (χ3v) is 6.10. The van der Waals surface area contributed by atoms with E-state index in [-0.39, 0.29) is 24.6 Å². The first-order valence-electron chi connectivity index (χ1n) is 9.85. The van der Waals surface area contributed by atoms with Gasteiger partial charge in [0.15, 0.2) is 10.8 Å². The Kier molecular flexibility index (Phi) is 5.07. The molecule has 4 aromatic heterocycles. The summed E-state index contributed by atoms with van der Waals surface area (Å²) in [6.07, 6.45) is 4.82. The van der Waals surface area contributed by atoms with Crippen molar-refractivity contribution in [1.29, 1.82) is 0 Å². The summed E-state index contributed by atoms with van der Waals surface area (Å²) >= 11 is 1.33. The quantitative estimate of drug-likeness (QED) is 0.427. The van der Waals surface area contributed by atoms with Crippen LogP contribution in [0.1, 0.15) is 15.4 Å². The number of carbonyl (C=O) groups is 1. The molecule has 0 radical (unpaired) electrons. The lowest BCUT2D eigenvalue weighted by Crippen LogP contribution is -2.32. The Morgan fingerprint density at radius 2 is 2.00 bits per heavy atom. The zero-order chi connectivity index (χ0) is 22.1. The number of aromatic nitrogens is 7. The molecule has 0 spiro atoms. The van der Waals surface area contributed by atoms with Crippen LogP contribution in [0, 0.1) is 6.92 Å². The molecule has 5 aromatic rings. The Morgan fingerprint density at radius 3 is 2.75 bits per heavy atom. The number of carbonyl (C=O) groups excluding carboxylic acids is 1. The van der Waals surface area contributed by atoms with Crippen molar-refractivity contribution in [2.45, 2.75) is 13.5 Å². The maximum absolute atomic E-state index is 12.7. The molecule has 0 atom stereocenters. The van der Waals surface area contributed by atoms with Crippen molar-refractivity contribution in [3.05, 3.63) is 82.2 Å². The Bertz CT molecular complexity index is 1450. The van der Waals surface area contributed by atoms with Gasteiger partial charge in [-0.05, 0) is 13.0 Å². The van der Waals surface area contributed by atoms with Gasteiger partial charge in [-0.25, -0.2) is 19.3 Å². The molecule has 0 aliphatic rings. The first kappa shape index (κ1) is 19.8. The largest absolute Gasteiger partial charge is 0.349 e. The molecule has 0 fully saturated rings. The third kappa shape index (κ3) is 3.69. The van der Waals surface area contributed by atoms with Gasteiger partial charge in [-0.3, -0.25) is 14.0 Å². The Morgan fingerprint density at radius 1 is 1.16 bits per heavy atom. The van der Waals surface area contributed by atoms with E-state index in [0.29, 0.717) is 10.7 Å². The average Bonchev–Trinajstić information content (AvgIpc) is 3.54. The summed E-state index contributed by atoms with van der Waals surface area (Å²) in [5.74, 6) is 0.262. The molecule has 0 unspecified atom stereocenters. The molecule has 1 aromatic carbocycles. The van der Waals surface area contributed by atoms with Gasteiger partial charge in [0.25, 0.3) is 11.5 Å². The predicted octanol–water partition coefficient (Wildman–Crippen LogP) is 1.94. The molecule has 32 heavy (non-hydrogen) atoms. The summed E-state index contributed by atoms with van der Waals surface area (Å²) < 4.78 is 4.68. The zero-order valence-electron chi connectivity index (χ0n) is 17.0. The molecule has 11 heteroatoms.